The number of methoxy groups -OCH3 is 1. The van der Waals surface area contributed by atoms with Gasteiger partial charge >= 0.3 is 5.97 Å². The monoisotopic (exact) mass is 225 g/mol. The number of aliphatic carboxylic acids is 1. The van der Waals surface area contributed by atoms with Gasteiger partial charge in [-0.05, 0) is 25.7 Å². The maximum atomic E-state index is 10.7. The summed E-state index contributed by atoms with van der Waals surface area (Å²) in [6.45, 7) is 0.446. The highest BCUT2D eigenvalue weighted by molar-refractivity contribution is 5.69. The molecule has 16 heavy (non-hydrogen) atoms. The summed E-state index contributed by atoms with van der Waals surface area (Å²) in [7, 11) is 1.72. The first-order chi connectivity index (χ1) is 7.67. The fourth-order valence-electron chi connectivity index (χ4n) is 2.25. The Balaban J connectivity index is 2.46. The molecular weight excluding hydrogens is 206 g/mol. The second kappa shape index (κ2) is 6.51. The molecule has 0 radical (unpaired) electrons. The third-order valence-corrected chi connectivity index (χ3v) is 3.13. The smallest absolute Gasteiger partial charge is 0.317 e. The molecule has 4 nitrogen and oxygen atoms in total. The van der Waals surface area contributed by atoms with Crippen molar-refractivity contribution in [3.05, 3.63) is 0 Å². The molecule has 0 aromatic rings. The van der Waals surface area contributed by atoms with Gasteiger partial charge in [-0.1, -0.05) is 5.92 Å². The van der Waals surface area contributed by atoms with Gasteiger partial charge in [0.1, 0.15) is 0 Å². The second-order valence-corrected chi connectivity index (χ2v) is 4.17. The van der Waals surface area contributed by atoms with Crippen LogP contribution >= 0.6 is 0 Å². The van der Waals surface area contributed by atoms with Crippen molar-refractivity contribution >= 4 is 5.97 Å². The van der Waals surface area contributed by atoms with Crippen LogP contribution in [0.4, 0.5) is 0 Å². The van der Waals surface area contributed by atoms with Gasteiger partial charge in [-0.2, -0.15) is 0 Å². The summed E-state index contributed by atoms with van der Waals surface area (Å²) in [6, 6.07) is 0.290. The average molecular weight is 225 g/mol. The van der Waals surface area contributed by atoms with Crippen LogP contribution in [0.3, 0.4) is 0 Å². The molecule has 0 atom stereocenters. The van der Waals surface area contributed by atoms with E-state index in [-0.39, 0.29) is 6.54 Å². The molecule has 0 heterocycles. The van der Waals surface area contributed by atoms with E-state index in [9.17, 15) is 4.79 Å². The maximum Gasteiger partial charge on any atom is 0.317 e. The fourth-order valence-corrected chi connectivity index (χ4v) is 2.25. The largest absolute Gasteiger partial charge is 0.480 e. The molecule has 0 unspecified atom stereocenters. The first-order valence-corrected chi connectivity index (χ1v) is 5.59. The third kappa shape index (κ3) is 3.84. The summed E-state index contributed by atoms with van der Waals surface area (Å²) >= 11 is 0. The molecule has 4 heteroatoms. The molecule has 0 bridgehead atoms. The van der Waals surface area contributed by atoms with E-state index >= 15 is 0 Å². The number of ether oxygens (including phenoxy) is 1. The Morgan fingerprint density at radius 2 is 2.12 bits per heavy atom. The molecule has 0 spiro atoms. The predicted octanol–water partition coefficient (Wildman–Crippen LogP) is 0.964. The van der Waals surface area contributed by atoms with Gasteiger partial charge in [0, 0.05) is 13.2 Å². The molecule has 1 aliphatic rings. The molecule has 1 rings (SSSR count). The van der Waals surface area contributed by atoms with E-state index in [1.807, 2.05) is 4.90 Å². The highest BCUT2D eigenvalue weighted by Gasteiger charge is 2.26. The average Bonchev–Trinajstić information content (AvgIpc) is 2.28. The highest BCUT2D eigenvalue weighted by Crippen LogP contribution is 2.24. The third-order valence-electron chi connectivity index (χ3n) is 3.13. The number of carboxylic acids is 1. The van der Waals surface area contributed by atoms with Gasteiger partial charge in [0.15, 0.2) is 0 Å². The van der Waals surface area contributed by atoms with Crippen molar-refractivity contribution in [1.82, 2.24) is 4.90 Å². The molecule has 0 amide bonds. The van der Waals surface area contributed by atoms with E-state index in [0.717, 1.165) is 25.7 Å². The van der Waals surface area contributed by atoms with Crippen molar-refractivity contribution in [3.63, 3.8) is 0 Å². The predicted molar refractivity (Wildman–Crippen MR) is 61.1 cm³/mol. The number of carboxylic acid groups (broad SMARTS) is 1. The van der Waals surface area contributed by atoms with Gasteiger partial charge in [-0.3, -0.25) is 9.69 Å². The minimum absolute atomic E-state index is 0.0342. The topological polar surface area (TPSA) is 49.8 Å². The van der Waals surface area contributed by atoms with Crippen LogP contribution in [0.2, 0.25) is 0 Å². The molecule has 0 aromatic carbocycles. The number of rotatable bonds is 5. The molecule has 90 valence electrons. The first-order valence-electron chi connectivity index (χ1n) is 5.59. The quantitative estimate of drug-likeness (QED) is 0.708. The lowest BCUT2D eigenvalue weighted by Crippen LogP contribution is -2.42. The number of hydrogen-bond donors (Lipinski definition) is 1. The molecule has 1 aliphatic carbocycles. The van der Waals surface area contributed by atoms with E-state index in [1.165, 1.54) is 0 Å². The van der Waals surface area contributed by atoms with Crippen LogP contribution < -0.4 is 0 Å². The zero-order valence-corrected chi connectivity index (χ0v) is 9.69. The first kappa shape index (κ1) is 13.0. The fraction of sp³-hybridized carbons (Fsp3) is 0.750. The van der Waals surface area contributed by atoms with Crippen molar-refractivity contribution in [3.8, 4) is 12.3 Å². The van der Waals surface area contributed by atoms with Crippen LogP contribution in [0.1, 0.15) is 25.7 Å². The van der Waals surface area contributed by atoms with Gasteiger partial charge in [0.05, 0.1) is 19.2 Å². The summed E-state index contributed by atoms with van der Waals surface area (Å²) in [4.78, 5) is 12.6. The van der Waals surface area contributed by atoms with E-state index in [4.69, 9.17) is 16.3 Å². The van der Waals surface area contributed by atoms with Gasteiger partial charge in [-0.25, -0.2) is 0 Å². The van der Waals surface area contributed by atoms with Crippen LogP contribution in [-0.2, 0) is 9.53 Å². The Morgan fingerprint density at radius 3 is 2.56 bits per heavy atom. The summed E-state index contributed by atoms with van der Waals surface area (Å²) in [5, 5.41) is 8.80. The number of carbonyl (C=O) groups is 1. The summed E-state index contributed by atoms with van der Waals surface area (Å²) in [5.41, 5.74) is 0. The van der Waals surface area contributed by atoms with Crippen LogP contribution in [0.15, 0.2) is 0 Å². The van der Waals surface area contributed by atoms with E-state index in [2.05, 4.69) is 5.92 Å². The molecule has 0 aromatic heterocycles. The Bertz CT molecular complexity index is 264. The van der Waals surface area contributed by atoms with Gasteiger partial charge in [-0.15, -0.1) is 6.42 Å². The molecule has 0 aliphatic heterocycles. The lowest BCUT2D eigenvalue weighted by molar-refractivity contribution is -0.139. The van der Waals surface area contributed by atoms with Crippen LogP contribution in [0, 0.1) is 12.3 Å². The van der Waals surface area contributed by atoms with Crippen LogP contribution in [0.5, 0.6) is 0 Å². The lowest BCUT2D eigenvalue weighted by Gasteiger charge is -2.34. The Morgan fingerprint density at radius 1 is 1.50 bits per heavy atom. The summed E-state index contributed by atoms with van der Waals surface area (Å²) in [5.74, 6) is 1.71. The second-order valence-electron chi connectivity index (χ2n) is 4.17. The van der Waals surface area contributed by atoms with Gasteiger partial charge < -0.3 is 9.84 Å². The summed E-state index contributed by atoms with van der Waals surface area (Å²) < 4.78 is 5.29. The molecule has 1 saturated carbocycles. The SMILES string of the molecule is C#CCN(CC(=O)O)C1CCC(OC)CC1. The molecule has 1 N–H and O–H groups in total. The maximum absolute atomic E-state index is 10.7. The van der Waals surface area contributed by atoms with Crippen LogP contribution in [0.25, 0.3) is 0 Å². The number of terminal acetylenes is 1. The Hall–Kier alpha value is -1.05. The van der Waals surface area contributed by atoms with Crippen molar-refractivity contribution in [2.45, 2.75) is 37.8 Å². The van der Waals surface area contributed by atoms with Crippen molar-refractivity contribution in [2.75, 3.05) is 20.2 Å². The molecule has 1 fully saturated rings. The highest BCUT2D eigenvalue weighted by atomic mass is 16.5. The van der Waals surface area contributed by atoms with Gasteiger partial charge in [0.25, 0.3) is 0 Å². The standard InChI is InChI=1S/C12H19NO3/c1-3-8-13(9-12(14)15)10-4-6-11(16-2)7-5-10/h1,10-11H,4-9H2,2H3,(H,14,15). The van der Waals surface area contributed by atoms with E-state index in [1.54, 1.807) is 7.11 Å². The number of hydrogen-bond acceptors (Lipinski definition) is 3. The normalized spacial score (nSPS) is 25.3. The van der Waals surface area contributed by atoms with E-state index < -0.39 is 5.97 Å². The minimum atomic E-state index is -0.816. The Labute approximate surface area is 96.6 Å². The minimum Gasteiger partial charge on any atom is -0.480 e. The van der Waals surface area contributed by atoms with Crippen molar-refractivity contribution in [2.24, 2.45) is 0 Å². The molecular formula is C12H19NO3. The zero-order chi connectivity index (χ0) is 12.0. The lowest BCUT2D eigenvalue weighted by atomic mass is 9.92. The van der Waals surface area contributed by atoms with Crippen molar-refractivity contribution in [1.29, 1.82) is 0 Å². The van der Waals surface area contributed by atoms with Crippen molar-refractivity contribution < 1.29 is 14.6 Å². The molecule has 0 saturated heterocycles. The van der Waals surface area contributed by atoms with Crippen LogP contribution in [-0.4, -0.2) is 48.3 Å². The van der Waals surface area contributed by atoms with E-state index in [0.29, 0.717) is 18.7 Å². The van der Waals surface area contributed by atoms with Gasteiger partial charge in [0.2, 0.25) is 0 Å². The zero-order valence-electron chi connectivity index (χ0n) is 9.69. The summed E-state index contributed by atoms with van der Waals surface area (Å²) in [6.07, 6.45) is 9.49. The Kier molecular flexibility index (Phi) is 5.30. The number of nitrogens with zero attached hydrogens (tertiary/aromatic N) is 1.